The lowest BCUT2D eigenvalue weighted by Crippen LogP contribution is -2.46. The van der Waals surface area contributed by atoms with Gasteiger partial charge in [0.1, 0.15) is 11.5 Å². The fourth-order valence-corrected chi connectivity index (χ4v) is 3.37. The summed E-state index contributed by atoms with van der Waals surface area (Å²) in [5.41, 5.74) is 3.00. The van der Waals surface area contributed by atoms with Crippen molar-refractivity contribution in [1.29, 1.82) is 0 Å². The molecule has 6 nitrogen and oxygen atoms in total. The third-order valence-electron chi connectivity index (χ3n) is 4.78. The highest BCUT2D eigenvalue weighted by atomic mass is 16.2. The first-order valence-corrected chi connectivity index (χ1v) is 9.36. The molecule has 1 fully saturated rings. The number of imidazole rings is 1. The number of hydrogen-bond acceptors (Lipinski definition) is 3. The van der Waals surface area contributed by atoms with E-state index in [1.807, 2.05) is 12.1 Å². The smallest absolute Gasteiger partial charge is 0.268 e. The summed E-state index contributed by atoms with van der Waals surface area (Å²) in [5.74, 6) is 0.498. The molecule has 0 saturated carbocycles. The molecule has 2 heterocycles. The van der Waals surface area contributed by atoms with Crippen molar-refractivity contribution in [2.45, 2.75) is 26.2 Å². The van der Waals surface area contributed by atoms with Crippen LogP contribution in [0.3, 0.4) is 0 Å². The van der Waals surface area contributed by atoms with Gasteiger partial charge in [-0.05, 0) is 28.3 Å². The summed E-state index contributed by atoms with van der Waals surface area (Å²) >= 11 is 0. The maximum absolute atomic E-state index is 12.0. The van der Waals surface area contributed by atoms with Crippen molar-refractivity contribution in [2.24, 2.45) is 0 Å². The normalized spacial score (nSPS) is 15.9. The average molecular weight is 374 g/mol. The molecule has 0 spiro atoms. The Morgan fingerprint density at radius 3 is 2.68 bits per heavy atom. The van der Waals surface area contributed by atoms with Gasteiger partial charge in [0, 0.05) is 12.1 Å². The zero-order chi connectivity index (χ0) is 19.7. The van der Waals surface area contributed by atoms with Crippen LogP contribution in [0.1, 0.15) is 42.5 Å². The number of nitrogens with zero attached hydrogens (tertiary/aromatic N) is 1. The standard InChI is InChI=1S/C22H22N4O2/c1-13(2)21-17(11-18-22(28)23-12-20(27)25-18)24-19(26-21)10-14-7-8-15-5-3-4-6-16(15)9-14/h3-9,11,13H,10,12H2,1-2H3,(H,23,28)(H,24,26)(H,25,27). The monoisotopic (exact) mass is 374 g/mol. The average Bonchev–Trinajstić information content (AvgIpc) is 3.07. The number of rotatable bonds is 4. The second kappa shape index (κ2) is 7.31. The highest BCUT2D eigenvalue weighted by molar-refractivity contribution is 6.05. The SMILES string of the molecule is CC(C)c1[nH]c(Cc2ccc3ccccc3c2)nc1C=C1NC(=O)CNC1=O. The van der Waals surface area contributed by atoms with Crippen LogP contribution in [0.15, 0.2) is 48.2 Å². The molecule has 1 aromatic heterocycles. The number of carbonyl (C=O) groups is 2. The molecule has 28 heavy (non-hydrogen) atoms. The van der Waals surface area contributed by atoms with Crippen LogP contribution in [0, 0.1) is 0 Å². The molecule has 3 N–H and O–H groups in total. The minimum Gasteiger partial charge on any atom is -0.345 e. The number of fused-ring (bicyclic) bond motifs is 1. The topological polar surface area (TPSA) is 86.9 Å². The Hall–Kier alpha value is -3.41. The predicted molar refractivity (Wildman–Crippen MR) is 109 cm³/mol. The van der Waals surface area contributed by atoms with E-state index in [0.29, 0.717) is 12.1 Å². The number of hydrogen-bond donors (Lipinski definition) is 3. The molecule has 3 aromatic rings. The van der Waals surface area contributed by atoms with Gasteiger partial charge in [0.25, 0.3) is 5.91 Å². The molecule has 6 heteroatoms. The van der Waals surface area contributed by atoms with Gasteiger partial charge in [0.05, 0.1) is 12.2 Å². The lowest BCUT2D eigenvalue weighted by Gasteiger charge is -2.15. The van der Waals surface area contributed by atoms with Crippen LogP contribution in [0.5, 0.6) is 0 Å². The van der Waals surface area contributed by atoms with Crippen LogP contribution in [0.2, 0.25) is 0 Å². The van der Waals surface area contributed by atoms with E-state index in [2.05, 4.69) is 59.8 Å². The van der Waals surface area contributed by atoms with Crippen LogP contribution in [-0.4, -0.2) is 28.3 Å². The fourth-order valence-electron chi connectivity index (χ4n) is 3.37. The first kappa shape index (κ1) is 18.0. The van der Waals surface area contributed by atoms with Gasteiger partial charge in [0.2, 0.25) is 5.91 Å². The van der Waals surface area contributed by atoms with Crippen LogP contribution in [0.4, 0.5) is 0 Å². The zero-order valence-electron chi connectivity index (χ0n) is 15.9. The summed E-state index contributed by atoms with van der Waals surface area (Å²) in [5, 5.41) is 7.57. The largest absolute Gasteiger partial charge is 0.345 e. The van der Waals surface area contributed by atoms with Crippen molar-refractivity contribution in [3.63, 3.8) is 0 Å². The second-order valence-corrected chi connectivity index (χ2v) is 7.28. The molecule has 2 amide bonds. The molecule has 2 aromatic carbocycles. The van der Waals surface area contributed by atoms with Gasteiger partial charge >= 0.3 is 0 Å². The van der Waals surface area contributed by atoms with Gasteiger partial charge < -0.3 is 15.6 Å². The third-order valence-corrected chi connectivity index (χ3v) is 4.78. The number of H-pyrrole nitrogens is 1. The van der Waals surface area contributed by atoms with Crippen molar-refractivity contribution in [3.05, 3.63) is 70.9 Å². The Labute approximate surface area is 163 Å². The van der Waals surface area contributed by atoms with Gasteiger partial charge in [-0.1, -0.05) is 56.3 Å². The Bertz CT molecular complexity index is 1090. The Balaban J connectivity index is 1.65. The summed E-state index contributed by atoms with van der Waals surface area (Å²) in [6, 6.07) is 14.6. The highest BCUT2D eigenvalue weighted by Gasteiger charge is 2.21. The van der Waals surface area contributed by atoms with E-state index >= 15 is 0 Å². The van der Waals surface area contributed by atoms with Gasteiger partial charge in [0.15, 0.2) is 0 Å². The number of amides is 2. The molecule has 4 rings (SSSR count). The molecule has 142 valence electrons. The van der Waals surface area contributed by atoms with E-state index in [4.69, 9.17) is 4.98 Å². The first-order valence-electron chi connectivity index (χ1n) is 9.36. The number of nitrogens with one attached hydrogen (secondary N) is 3. The Kier molecular flexibility index (Phi) is 4.69. The molecule has 0 radical (unpaired) electrons. The molecule has 0 unspecified atom stereocenters. The summed E-state index contributed by atoms with van der Waals surface area (Å²) in [6.45, 7) is 4.13. The molecule has 0 aliphatic carbocycles. The van der Waals surface area contributed by atoms with Crippen molar-refractivity contribution in [3.8, 4) is 0 Å². The summed E-state index contributed by atoms with van der Waals surface area (Å²) in [6.07, 6.45) is 2.30. The van der Waals surface area contributed by atoms with Gasteiger partial charge in [-0.15, -0.1) is 0 Å². The summed E-state index contributed by atoms with van der Waals surface area (Å²) in [7, 11) is 0. The zero-order valence-corrected chi connectivity index (χ0v) is 15.9. The van der Waals surface area contributed by atoms with E-state index < -0.39 is 0 Å². The van der Waals surface area contributed by atoms with E-state index in [9.17, 15) is 9.59 Å². The van der Waals surface area contributed by atoms with Gasteiger partial charge in [-0.3, -0.25) is 9.59 Å². The highest BCUT2D eigenvalue weighted by Crippen LogP contribution is 2.22. The minimum absolute atomic E-state index is 0.000982. The maximum atomic E-state index is 12.0. The second-order valence-electron chi connectivity index (χ2n) is 7.28. The van der Waals surface area contributed by atoms with Crippen molar-refractivity contribution in [2.75, 3.05) is 6.54 Å². The molecular formula is C22H22N4O2. The first-order chi connectivity index (χ1) is 13.5. The van der Waals surface area contributed by atoms with Gasteiger partial charge in [-0.25, -0.2) is 4.98 Å². The van der Waals surface area contributed by atoms with Crippen molar-refractivity contribution < 1.29 is 9.59 Å². The van der Waals surface area contributed by atoms with Crippen molar-refractivity contribution in [1.82, 2.24) is 20.6 Å². The van der Waals surface area contributed by atoms with Crippen LogP contribution in [0.25, 0.3) is 16.8 Å². The van der Waals surface area contributed by atoms with Crippen molar-refractivity contribution >= 4 is 28.7 Å². The maximum Gasteiger partial charge on any atom is 0.268 e. The van der Waals surface area contributed by atoms with E-state index in [-0.39, 0.29) is 30.0 Å². The predicted octanol–water partition coefficient (Wildman–Crippen LogP) is 2.86. The van der Waals surface area contributed by atoms with Crippen LogP contribution < -0.4 is 10.6 Å². The van der Waals surface area contributed by atoms with E-state index in [0.717, 1.165) is 17.1 Å². The van der Waals surface area contributed by atoms with Crippen LogP contribution in [-0.2, 0) is 16.0 Å². The summed E-state index contributed by atoms with van der Waals surface area (Å²) < 4.78 is 0. The molecular weight excluding hydrogens is 352 g/mol. The van der Waals surface area contributed by atoms with E-state index in [1.54, 1.807) is 6.08 Å². The molecule has 1 aliphatic heterocycles. The number of carbonyl (C=O) groups excluding carboxylic acids is 2. The fraction of sp³-hybridized carbons (Fsp3) is 0.227. The lowest BCUT2D eigenvalue weighted by molar-refractivity contribution is -0.127. The molecule has 1 saturated heterocycles. The van der Waals surface area contributed by atoms with Gasteiger partial charge in [-0.2, -0.15) is 0 Å². The number of aromatic nitrogens is 2. The molecule has 0 atom stereocenters. The lowest BCUT2D eigenvalue weighted by atomic mass is 10.1. The Morgan fingerprint density at radius 1 is 1.11 bits per heavy atom. The number of aromatic amines is 1. The molecule has 1 aliphatic rings. The molecule has 0 bridgehead atoms. The number of piperazine rings is 1. The minimum atomic E-state index is -0.298. The summed E-state index contributed by atoms with van der Waals surface area (Å²) in [4.78, 5) is 31.7. The quantitative estimate of drug-likeness (QED) is 0.614. The van der Waals surface area contributed by atoms with E-state index in [1.165, 1.54) is 10.8 Å². The van der Waals surface area contributed by atoms with Crippen LogP contribution >= 0.6 is 0 Å². The number of benzene rings is 2. The third kappa shape index (κ3) is 3.67. The Morgan fingerprint density at radius 2 is 1.89 bits per heavy atom.